The van der Waals surface area contributed by atoms with Crippen LogP contribution in [0.4, 0.5) is 0 Å². The molecule has 96 valence electrons. The molecule has 2 heterocycles. The molecule has 0 radical (unpaired) electrons. The summed E-state index contributed by atoms with van der Waals surface area (Å²) in [4.78, 5) is 4.19. The van der Waals surface area contributed by atoms with Crippen molar-refractivity contribution >= 4 is 0 Å². The molecule has 2 rings (SSSR count). The molecule has 0 saturated heterocycles. The highest BCUT2D eigenvalue weighted by Gasteiger charge is 2.16. The van der Waals surface area contributed by atoms with Crippen molar-refractivity contribution in [2.45, 2.75) is 13.0 Å². The smallest absolute Gasteiger partial charge is 0.137 e. The van der Waals surface area contributed by atoms with Gasteiger partial charge in [0.1, 0.15) is 5.75 Å². The van der Waals surface area contributed by atoms with Gasteiger partial charge in [0.25, 0.3) is 0 Å². The number of methoxy groups -OCH3 is 1. The predicted octanol–water partition coefficient (Wildman–Crippen LogP) is 1.52. The van der Waals surface area contributed by atoms with Gasteiger partial charge >= 0.3 is 0 Å². The number of rotatable bonds is 5. The van der Waals surface area contributed by atoms with Gasteiger partial charge in [-0.1, -0.05) is 6.92 Å². The maximum absolute atomic E-state index is 5.21. The molecule has 5 heteroatoms. The molecule has 2 aromatic rings. The fourth-order valence-electron chi connectivity index (χ4n) is 1.89. The fourth-order valence-corrected chi connectivity index (χ4v) is 1.89. The van der Waals surface area contributed by atoms with Crippen LogP contribution in [-0.2, 0) is 7.05 Å². The Morgan fingerprint density at radius 3 is 2.89 bits per heavy atom. The highest BCUT2D eigenvalue weighted by atomic mass is 16.5. The van der Waals surface area contributed by atoms with Crippen LogP contribution in [-0.4, -0.2) is 28.4 Å². The average molecular weight is 246 g/mol. The molecule has 0 aliphatic rings. The Bertz CT molecular complexity index is 509. The predicted molar refractivity (Wildman–Crippen MR) is 69.5 cm³/mol. The van der Waals surface area contributed by atoms with E-state index in [1.807, 2.05) is 31.6 Å². The summed E-state index contributed by atoms with van der Waals surface area (Å²) in [5.41, 5.74) is 2.03. The number of pyridine rings is 1. The van der Waals surface area contributed by atoms with E-state index in [4.69, 9.17) is 4.74 Å². The Hall–Kier alpha value is -1.88. The summed E-state index contributed by atoms with van der Waals surface area (Å²) >= 11 is 0. The van der Waals surface area contributed by atoms with Crippen molar-refractivity contribution in [3.63, 3.8) is 0 Å². The standard InChI is InChI=1S/C13H18N4O/c1-4-15-13(12-5-6-17(2)16-12)10-7-11(18-3)9-14-8-10/h5-9,13,15H,4H2,1-3H3. The minimum absolute atomic E-state index is 0.0406. The second-order valence-corrected chi connectivity index (χ2v) is 4.06. The molecule has 0 aromatic carbocycles. The normalized spacial score (nSPS) is 12.4. The molecule has 0 amide bonds. The number of aryl methyl sites for hydroxylation is 1. The van der Waals surface area contributed by atoms with Crippen LogP contribution in [0.2, 0.25) is 0 Å². The number of aromatic nitrogens is 3. The first-order valence-corrected chi connectivity index (χ1v) is 5.96. The number of nitrogens with zero attached hydrogens (tertiary/aromatic N) is 3. The van der Waals surface area contributed by atoms with Crippen molar-refractivity contribution < 1.29 is 4.74 Å². The van der Waals surface area contributed by atoms with Crippen molar-refractivity contribution in [2.75, 3.05) is 13.7 Å². The minimum Gasteiger partial charge on any atom is -0.495 e. The maximum Gasteiger partial charge on any atom is 0.137 e. The van der Waals surface area contributed by atoms with Crippen LogP contribution in [0.5, 0.6) is 5.75 Å². The third-order valence-electron chi connectivity index (χ3n) is 2.74. The molecule has 0 bridgehead atoms. The van der Waals surface area contributed by atoms with Crippen LogP contribution in [0.15, 0.2) is 30.7 Å². The Kier molecular flexibility index (Phi) is 3.94. The zero-order valence-electron chi connectivity index (χ0n) is 10.9. The van der Waals surface area contributed by atoms with E-state index in [1.165, 1.54) is 0 Å². The van der Waals surface area contributed by atoms with E-state index in [9.17, 15) is 0 Å². The van der Waals surface area contributed by atoms with Crippen molar-refractivity contribution in [1.82, 2.24) is 20.1 Å². The van der Waals surface area contributed by atoms with Gasteiger partial charge in [-0.2, -0.15) is 5.10 Å². The first-order valence-electron chi connectivity index (χ1n) is 5.96. The molecule has 0 spiro atoms. The Morgan fingerprint density at radius 2 is 2.28 bits per heavy atom. The van der Waals surface area contributed by atoms with E-state index in [1.54, 1.807) is 18.0 Å². The van der Waals surface area contributed by atoms with Crippen molar-refractivity contribution in [1.29, 1.82) is 0 Å². The topological polar surface area (TPSA) is 52.0 Å². The summed E-state index contributed by atoms with van der Waals surface area (Å²) in [6.07, 6.45) is 5.47. The van der Waals surface area contributed by atoms with E-state index >= 15 is 0 Å². The van der Waals surface area contributed by atoms with Crippen molar-refractivity contribution in [3.8, 4) is 5.75 Å². The van der Waals surface area contributed by atoms with Gasteiger partial charge in [-0.25, -0.2) is 0 Å². The van der Waals surface area contributed by atoms with E-state index in [2.05, 4.69) is 22.3 Å². The molecule has 1 N–H and O–H groups in total. The van der Waals surface area contributed by atoms with Crippen LogP contribution >= 0.6 is 0 Å². The zero-order chi connectivity index (χ0) is 13.0. The monoisotopic (exact) mass is 246 g/mol. The Balaban J connectivity index is 2.34. The molecule has 1 unspecified atom stereocenters. The number of nitrogens with one attached hydrogen (secondary N) is 1. The SMILES string of the molecule is CCNC(c1cncc(OC)c1)c1ccn(C)n1. The minimum atomic E-state index is 0.0406. The maximum atomic E-state index is 5.21. The lowest BCUT2D eigenvalue weighted by Crippen LogP contribution is -2.22. The second-order valence-electron chi connectivity index (χ2n) is 4.06. The van der Waals surface area contributed by atoms with Gasteiger partial charge in [0.2, 0.25) is 0 Å². The summed E-state index contributed by atoms with van der Waals surface area (Å²) in [6.45, 7) is 2.93. The molecular formula is C13H18N4O. The largest absolute Gasteiger partial charge is 0.495 e. The molecule has 1 atom stereocenters. The first kappa shape index (κ1) is 12.6. The molecular weight excluding hydrogens is 228 g/mol. The van der Waals surface area contributed by atoms with Crippen LogP contribution in [0.25, 0.3) is 0 Å². The molecule has 0 fully saturated rings. The third-order valence-corrected chi connectivity index (χ3v) is 2.74. The fraction of sp³-hybridized carbons (Fsp3) is 0.385. The lowest BCUT2D eigenvalue weighted by atomic mass is 10.1. The van der Waals surface area contributed by atoms with Gasteiger partial charge in [0.15, 0.2) is 0 Å². The van der Waals surface area contributed by atoms with Gasteiger partial charge in [-0.05, 0) is 24.2 Å². The lowest BCUT2D eigenvalue weighted by Gasteiger charge is -2.16. The second kappa shape index (κ2) is 5.64. The molecule has 0 aliphatic carbocycles. The van der Waals surface area contributed by atoms with E-state index in [0.29, 0.717) is 0 Å². The van der Waals surface area contributed by atoms with Crippen LogP contribution in [0, 0.1) is 0 Å². The summed E-state index contributed by atoms with van der Waals surface area (Å²) in [5, 5.41) is 7.86. The van der Waals surface area contributed by atoms with Gasteiger partial charge < -0.3 is 10.1 Å². The van der Waals surface area contributed by atoms with E-state index in [-0.39, 0.29) is 6.04 Å². The van der Waals surface area contributed by atoms with Gasteiger partial charge in [0.05, 0.1) is 25.0 Å². The van der Waals surface area contributed by atoms with Gasteiger partial charge in [-0.15, -0.1) is 0 Å². The van der Waals surface area contributed by atoms with Gasteiger partial charge in [0, 0.05) is 19.4 Å². The lowest BCUT2D eigenvalue weighted by molar-refractivity contribution is 0.411. The molecule has 18 heavy (non-hydrogen) atoms. The number of hydrogen-bond acceptors (Lipinski definition) is 4. The van der Waals surface area contributed by atoms with E-state index < -0.39 is 0 Å². The molecule has 0 saturated carbocycles. The summed E-state index contributed by atoms with van der Waals surface area (Å²) < 4.78 is 7.01. The summed E-state index contributed by atoms with van der Waals surface area (Å²) in [6, 6.07) is 4.03. The molecule has 2 aromatic heterocycles. The quantitative estimate of drug-likeness (QED) is 0.869. The Labute approximate surface area is 107 Å². The van der Waals surface area contributed by atoms with Crippen LogP contribution < -0.4 is 10.1 Å². The average Bonchev–Trinajstić information content (AvgIpc) is 2.82. The summed E-state index contributed by atoms with van der Waals surface area (Å²) in [5.74, 6) is 0.756. The number of ether oxygens (including phenoxy) is 1. The molecule has 5 nitrogen and oxygen atoms in total. The first-order chi connectivity index (χ1) is 8.74. The van der Waals surface area contributed by atoms with Gasteiger partial charge in [-0.3, -0.25) is 9.67 Å². The Morgan fingerprint density at radius 1 is 1.44 bits per heavy atom. The van der Waals surface area contributed by atoms with Crippen LogP contribution in [0.1, 0.15) is 24.2 Å². The number of hydrogen-bond donors (Lipinski definition) is 1. The highest BCUT2D eigenvalue weighted by Crippen LogP contribution is 2.22. The van der Waals surface area contributed by atoms with E-state index in [0.717, 1.165) is 23.6 Å². The zero-order valence-corrected chi connectivity index (χ0v) is 10.9. The molecule has 0 aliphatic heterocycles. The van der Waals surface area contributed by atoms with Crippen LogP contribution in [0.3, 0.4) is 0 Å². The summed E-state index contributed by atoms with van der Waals surface area (Å²) in [7, 11) is 3.56. The third kappa shape index (κ3) is 2.68. The van der Waals surface area contributed by atoms with Crippen molar-refractivity contribution in [3.05, 3.63) is 42.0 Å². The highest BCUT2D eigenvalue weighted by molar-refractivity contribution is 5.30. The van der Waals surface area contributed by atoms with Crippen molar-refractivity contribution in [2.24, 2.45) is 7.05 Å².